The first-order valence-corrected chi connectivity index (χ1v) is 5.40. The molecule has 0 heterocycles. The van der Waals surface area contributed by atoms with Gasteiger partial charge >= 0.3 is 6.09 Å². The fourth-order valence-electron chi connectivity index (χ4n) is 1.28. The number of amides is 2. The second-order valence-electron chi connectivity index (χ2n) is 3.57. The molecule has 5 nitrogen and oxygen atoms in total. The number of primary amides is 1. The van der Waals surface area contributed by atoms with Gasteiger partial charge in [0, 0.05) is 0 Å². The maximum atomic E-state index is 11.3. The maximum Gasteiger partial charge on any atom is 0.408 e. The maximum absolute atomic E-state index is 11.3. The molecular weight excluding hydrogens is 220 g/mol. The third-order valence-corrected chi connectivity index (χ3v) is 2.26. The zero-order valence-electron chi connectivity index (χ0n) is 9.68. The number of nitrogens with two attached hydrogens (primary N) is 1. The Morgan fingerprint density at radius 3 is 2.53 bits per heavy atom. The Bertz CT molecular complexity index is 379. The number of benzene rings is 1. The minimum absolute atomic E-state index is 0.169. The van der Waals surface area contributed by atoms with Gasteiger partial charge in [0.05, 0.1) is 0 Å². The first-order chi connectivity index (χ1) is 8.13. The molecule has 1 aromatic rings. The van der Waals surface area contributed by atoms with Crippen LogP contribution in [-0.4, -0.2) is 18.0 Å². The van der Waals surface area contributed by atoms with Crippen LogP contribution in [0.25, 0.3) is 0 Å². The van der Waals surface area contributed by atoms with E-state index in [0.29, 0.717) is 6.42 Å². The molecule has 0 aliphatic carbocycles. The number of nitrogens with one attached hydrogen (secondary N) is 1. The molecule has 3 N–H and O–H groups in total. The third kappa shape index (κ3) is 4.55. The van der Waals surface area contributed by atoms with Crippen molar-refractivity contribution < 1.29 is 14.3 Å². The third-order valence-electron chi connectivity index (χ3n) is 2.26. The summed E-state index contributed by atoms with van der Waals surface area (Å²) < 4.78 is 4.95. The molecule has 0 aromatic heterocycles. The molecule has 1 atom stereocenters. The molecule has 92 valence electrons. The van der Waals surface area contributed by atoms with E-state index in [1.807, 2.05) is 30.3 Å². The summed E-state index contributed by atoms with van der Waals surface area (Å²) in [6.45, 7) is 1.93. The molecule has 0 saturated heterocycles. The van der Waals surface area contributed by atoms with Crippen molar-refractivity contribution in [2.45, 2.75) is 26.0 Å². The van der Waals surface area contributed by atoms with Crippen LogP contribution >= 0.6 is 0 Å². The monoisotopic (exact) mass is 236 g/mol. The van der Waals surface area contributed by atoms with Crippen molar-refractivity contribution in [2.24, 2.45) is 5.73 Å². The van der Waals surface area contributed by atoms with Gasteiger partial charge in [-0.25, -0.2) is 4.79 Å². The summed E-state index contributed by atoms with van der Waals surface area (Å²) in [4.78, 5) is 22.2. The molecule has 1 aromatic carbocycles. The van der Waals surface area contributed by atoms with Gasteiger partial charge in [0.15, 0.2) is 0 Å². The van der Waals surface area contributed by atoms with Gasteiger partial charge in [-0.1, -0.05) is 37.3 Å². The first kappa shape index (κ1) is 13.0. The van der Waals surface area contributed by atoms with E-state index in [9.17, 15) is 9.59 Å². The summed E-state index contributed by atoms with van der Waals surface area (Å²) in [5.41, 5.74) is 5.98. The molecule has 5 heteroatoms. The van der Waals surface area contributed by atoms with Gasteiger partial charge in [-0.15, -0.1) is 0 Å². The van der Waals surface area contributed by atoms with Gasteiger partial charge in [0.25, 0.3) is 0 Å². The number of ether oxygens (including phenoxy) is 1. The van der Waals surface area contributed by atoms with Crippen LogP contribution in [0.15, 0.2) is 30.3 Å². The molecular formula is C12H16N2O3. The number of carbonyl (C=O) groups excluding carboxylic acids is 2. The van der Waals surface area contributed by atoms with Crippen LogP contribution in [-0.2, 0) is 16.1 Å². The van der Waals surface area contributed by atoms with Gasteiger partial charge in [0.2, 0.25) is 5.91 Å². The summed E-state index contributed by atoms with van der Waals surface area (Å²) in [5, 5.41) is 2.40. The Morgan fingerprint density at radius 2 is 2.00 bits per heavy atom. The average Bonchev–Trinajstić information content (AvgIpc) is 2.34. The molecule has 1 unspecified atom stereocenters. The van der Waals surface area contributed by atoms with Crippen molar-refractivity contribution in [1.82, 2.24) is 5.32 Å². The van der Waals surface area contributed by atoms with Crippen molar-refractivity contribution >= 4 is 12.0 Å². The van der Waals surface area contributed by atoms with Crippen LogP contribution in [0.3, 0.4) is 0 Å². The van der Waals surface area contributed by atoms with Crippen molar-refractivity contribution in [3.05, 3.63) is 35.9 Å². The molecule has 0 aliphatic rings. The van der Waals surface area contributed by atoms with E-state index in [2.05, 4.69) is 5.32 Å². The summed E-state index contributed by atoms with van der Waals surface area (Å²) in [7, 11) is 0. The quantitative estimate of drug-likeness (QED) is 0.805. The van der Waals surface area contributed by atoms with Gasteiger partial charge < -0.3 is 15.8 Å². The van der Waals surface area contributed by atoms with Crippen LogP contribution in [0.4, 0.5) is 4.79 Å². The lowest BCUT2D eigenvalue weighted by Crippen LogP contribution is -2.44. The molecule has 0 aliphatic heterocycles. The SMILES string of the molecule is CCC(NC(=O)OCc1ccccc1)C(N)=O. The number of carbonyl (C=O) groups is 2. The predicted molar refractivity (Wildman–Crippen MR) is 63.0 cm³/mol. The average molecular weight is 236 g/mol. The molecule has 0 radical (unpaired) electrons. The minimum atomic E-state index is -0.682. The Hall–Kier alpha value is -2.04. The summed E-state index contributed by atoms with van der Waals surface area (Å²) in [6, 6.07) is 8.60. The highest BCUT2D eigenvalue weighted by atomic mass is 16.5. The highest BCUT2D eigenvalue weighted by Crippen LogP contribution is 2.01. The Kier molecular flexibility index (Phi) is 5.00. The Morgan fingerprint density at radius 1 is 1.35 bits per heavy atom. The van der Waals surface area contributed by atoms with Crippen LogP contribution in [0.2, 0.25) is 0 Å². The van der Waals surface area contributed by atoms with Crippen molar-refractivity contribution in [3.63, 3.8) is 0 Å². The number of alkyl carbamates (subject to hydrolysis) is 1. The zero-order valence-corrected chi connectivity index (χ0v) is 9.68. The van der Waals surface area contributed by atoms with E-state index >= 15 is 0 Å². The van der Waals surface area contributed by atoms with E-state index in [1.54, 1.807) is 6.92 Å². The molecule has 0 saturated carbocycles. The number of hydrogen-bond donors (Lipinski definition) is 2. The van der Waals surface area contributed by atoms with E-state index in [0.717, 1.165) is 5.56 Å². The Balaban J connectivity index is 2.37. The van der Waals surface area contributed by atoms with Crippen LogP contribution < -0.4 is 11.1 Å². The lowest BCUT2D eigenvalue weighted by Gasteiger charge is -2.13. The second kappa shape index (κ2) is 6.52. The number of rotatable bonds is 5. The standard InChI is InChI=1S/C12H16N2O3/c1-2-10(11(13)15)14-12(16)17-8-9-6-4-3-5-7-9/h3-7,10H,2,8H2,1H3,(H2,13,15)(H,14,16). The molecule has 17 heavy (non-hydrogen) atoms. The largest absolute Gasteiger partial charge is 0.445 e. The van der Waals surface area contributed by atoms with E-state index in [1.165, 1.54) is 0 Å². The zero-order chi connectivity index (χ0) is 12.7. The first-order valence-electron chi connectivity index (χ1n) is 5.40. The minimum Gasteiger partial charge on any atom is -0.445 e. The highest BCUT2D eigenvalue weighted by molar-refractivity contribution is 5.84. The lowest BCUT2D eigenvalue weighted by atomic mass is 10.2. The number of hydrogen-bond acceptors (Lipinski definition) is 3. The molecule has 2 amide bonds. The lowest BCUT2D eigenvalue weighted by molar-refractivity contribution is -0.120. The summed E-state index contributed by atoms with van der Waals surface area (Å²) in [5.74, 6) is -0.566. The van der Waals surface area contributed by atoms with E-state index < -0.39 is 18.0 Å². The normalized spacial score (nSPS) is 11.6. The van der Waals surface area contributed by atoms with Gasteiger partial charge in [-0.2, -0.15) is 0 Å². The fourth-order valence-corrected chi connectivity index (χ4v) is 1.28. The van der Waals surface area contributed by atoms with Crippen molar-refractivity contribution in [2.75, 3.05) is 0 Å². The van der Waals surface area contributed by atoms with Crippen LogP contribution in [0.1, 0.15) is 18.9 Å². The molecule has 0 spiro atoms. The van der Waals surface area contributed by atoms with Crippen molar-refractivity contribution in [3.8, 4) is 0 Å². The predicted octanol–water partition coefficient (Wildman–Crippen LogP) is 1.18. The fraction of sp³-hybridized carbons (Fsp3) is 0.333. The molecule has 1 rings (SSSR count). The van der Waals surface area contributed by atoms with Crippen LogP contribution in [0.5, 0.6) is 0 Å². The Labute approximate surface area is 99.9 Å². The highest BCUT2D eigenvalue weighted by Gasteiger charge is 2.16. The van der Waals surface area contributed by atoms with Gasteiger partial charge in [0.1, 0.15) is 12.6 Å². The van der Waals surface area contributed by atoms with E-state index in [-0.39, 0.29) is 6.61 Å². The van der Waals surface area contributed by atoms with Gasteiger partial charge in [-0.05, 0) is 12.0 Å². The van der Waals surface area contributed by atoms with Gasteiger partial charge in [-0.3, -0.25) is 4.79 Å². The molecule has 0 bridgehead atoms. The summed E-state index contributed by atoms with van der Waals surface area (Å²) >= 11 is 0. The van der Waals surface area contributed by atoms with E-state index in [4.69, 9.17) is 10.5 Å². The van der Waals surface area contributed by atoms with Crippen molar-refractivity contribution in [1.29, 1.82) is 0 Å². The topological polar surface area (TPSA) is 81.4 Å². The smallest absolute Gasteiger partial charge is 0.408 e. The second-order valence-corrected chi connectivity index (χ2v) is 3.57. The van der Waals surface area contributed by atoms with Crippen LogP contribution in [0, 0.1) is 0 Å². The summed E-state index contributed by atoms with van der Waals surface area (Å²) in [6.07, 6.45) is -0.199. The molecule has 0 fully saturated rings.